The van der Waals surface area contributed by atoms with E-state index in [1.807, 2.05) is 24.3 Å². The fourth-order valence-electron chi connectivity index (χ4n) is 1.68. The number of nitrogens with one attached hydrogen (secondary N) is 1. The van der Waals surface area contributed by atoms with Crippen molar-refractivity contribution in [1.29, 1.82) is 0 Å². The molecule has 0 aliphatic heterocycles. The van der Waals surface area contributed by atoms with E-state index in [4.69, 9.17) is 10.5 Å². The highest BCUT2D eigenvalue weighted by Gasteiger charge is 2.14. The molecule has 0 bridgehead atoms. The summed E-state index contributed by atoms with van der Waals surface area (Å²) in [5, 5.41) is 4.06. The Morgan fingerprint density at radius 2 is 2.00 bits per heavy atom. The Labute approximate surface area is 121 Å². The molecule has 2 aromatic rings. The number of thiophene rings is 1. The number of anilines is 2. The number of rotatable bonds is 5. The summed E-state index contributed by atoms with van der Waals surface area (Å²) in [6.07, 6.45) is 0. The molecule has 3 N–H and O–H groups in total. The number of hydrogen-bond donors (Lipinski definition) is 2. The number of esters is 1. The van der Waals surface area contributed by atoms with Gasteiger partial charge in [0.1, 0.15) is 10.6 Å². The zero-order chi connectivity index (χ0) is 14.5. The molecule has 0 radical (unpaired) electrons. The van der Waals surface area contributed by atoms with Crippen molar-refractivity contribution < 1.29 is 14.3 Å². The second-order valence-electron chi connectivity index (χ2n) is 4.09. The van der Waals surface area contributed by atoms with Crippen molar-refractivity contribution in [3.63, 3.8) is 0 Å². The average molecular weight is 292 g/mol. The van der Waals surface area contributed by atoms with Gasteiger partial charge in [0, 0.05) is 6.54 Å². The number of benzene rings is 1. The highest BCUT2D eigenvalue weighted by molar-refractivity contribution is 7.18. The van der Waals surface area contributed by atoms with Gasteiger partial charge in [0.15, 0.2) is 0 Å². The van der Waals surface area contributed by atoms with Gasteiger partial charge in [-0.15, -0.1) is 11.3 Å². The van der Waals surface area contributed by atoms with Gasteiger partial charge in [-0.05, 0) is 23.8 Å². The molecule has 1 heterocycles. The summed E-state index contributed by atoms with van der Waals surface area (Å²) in [5.41, 5.74) is 7.32. The lowest BCUT2D eigenvalue weighted by Crippen LogP contribution is -2.01. The van der Waals surface area contributed by atoms with Crippen LogP contribution in [-0.2, 0) is 11.3 Å². The van der Waals surface area contributed by atoms with Gasteiger partial charge in [0.2, 0.25) is 0 Å². The lowest BCUT2D eigenvalue weighted by molar-refractivity contribution is 0.0607. The van der Waals surface area contributed by atoms with Crippen molar-refractivity contribution in [2.45, 2.75) is 6.54 Å². The molecule has 2 rings (SSSR count). The second kappa shape index (κ2) is 6.29. The van der Waals surface area contributed by atoms with Crippen LogP contribution in [-0.4, -0.2) is 20.2 Å². The van der Waals surface area contributed by atoms with Crippen LogP contribution in [0.15, 0.2) is 30.3 Å². The van der Waals surface area contributed by atoms with Gasteiger partial charge in [0.05, 0.1) is 24.9 Å². The predicted octanol–water partition coefficient (Wildman–Crippen LogP) is 2.74. The first-order valence-corrected chi connectivity index (χ1v) is 6.80. The van der Waals surface area contributed by atoms with Crippen molar-refractivity contribution in [2.24, 2.45) is 0 Å². The Balaban J connectivity index is 2.01. The van der Waals surface area contributed by atoms with Gasteiger partial charge in [-0.3, -0.25) is 0 Å². The van der Waals surface area contributed by atoms with Gasteiger partial charge in [0.25, 0.3) is 0 Å². The smallest absolute Gasteiger partial charge is 0.350 e. The zero-order valence-electron chi connectivity index (χ0n) is 11.3. The molecule has 0 fully saturated rings. The molecular weight excluding hydrogens is 276 g/mol. The lowest BCUT2D eigenvalue weighted by atomic mass is 10.2. The quantitative estimate of drug-likeness (QED) is 0.829. The molecule has 5 nitrogen and oxygen atoms in total. The maximum absolute atomic E-state index is 11.5. The maximum Gasteiger partial charge on any atom is 0.350 e. The Hall–Kier alpha value is -2.21. The van der Waals surface area contributed by atoms with Crippen LogP contribution in [0.5, 0.6) is 5.75 Å². The van der Waals surface area contributed by atoms with Crippen molar-refractivity contribution in [2.75, 3.05) is 25.3 Å². The molecule has 0 saturated carbocycles. The summed E-state index contributed by atoms with van der Waals surface area (Å²) < 4.78 is 9.77. The topological polar surface area (TPSA) is 73.6 Å². The van der Waals surface area contributed by atoms with Crippen molar-refractivity contribution >= 4 is 28.0 Å². The maximum atomic E-state index is 11.5. The molecule has 0 amide bonds. The van der Waals surface area contributed by atoms with Gasteiger partial charge in [-0.25, -0.2) is 4.79 Å². The molecule has 0 aliphatic rings. The minimum absolute atomic E-state index is 0.412. The van der Waals surface area contributed by atoms with E-state index in [-0.39, 0.29) is 0 Å². The van der Waals surface area contributed by atoms with Gasteiger partial charge in [-0.1, -0.05) is 12.1 Å². The third-order valence-corrected chi connectivity index (χ3v) is 3.85. The van der Waals surface area contributed by atoms with Crippen LogP contribution in [0.25, 0.3) is 0 Å². The van der Waals surface area contributed by atoms with E-state index in [2.05, 4.69) is 10.1 Å². The molecule has 106 valence electrons. The zero-order valence-corrected chi connectivity index (χ0v) is 12.1. The van der Waals surface area contributed by atoms with Gasteiger partial charge in [-0.2, -0.15) is 0 Å². The van der Waals surface area contributed by atoms with Crippen LogP contribution < -0.4 is 15.8 Å². The summed E-state index contributed by atoms with van der Waals surface area (Å²) in [6.45, 7) is 0.643. The Bertz CT molecular complexity index is 593. The van der Waals surface area contributed by atoms with E-state index in [1.165, 1.54) is 18.4 Å². The van der Waals surface area contributed by atoms with E-state index in [0.29, 0.717) is 17.1 Å². The van der Waals surface area contributed by atoms with Crippen LogP contribution in [0, 0.1) is 0 Å². The minimum Gasteiger partial charge on any atom is -0.497 e. The Morgan fingerprint density at radius 3 is 2.60 bits per heavy atom. The fourth-order valence-corrected chi connectivity index (χ4v) is 2.57. The second-order valence-corrected chi connectivity index (χ2v) is 5.14. The number of methoxy groups -OCH3 is 2. The number of carbonyl (C=O) groups is 1. The third kappa shape index (κ3) is 3.21. The first kappa shape index (κ1) is 14.2. The molecule has 0 spiro atoms. The number of ether oxygens (including phenoxy) is 2. The molecule has 0 aliphatic carbocycles. The molecule has 1 aromatic heterocycles. The van der Waals surface area contributed by atoms with Crippen LogP contribution in [0.1, 0.15) is 15.2 Å². The van der Waals surface area contributed by atoms with Crippen LogP contribution in [0.4, 0.5) is 10.7 Å². The molecule has 6 heteroatoms. The van der Waals surface area contributed by atoms with Crippen LogP contribution in [0.2, 0.25) is 0 Å². The van der Waals surface area contributed by atoms with Crippen molar-refractivity contribution in [3.05, 3.63) is 40.8 Å². The SMILES string of the molecule is COC(=O)c1sc(NCc2ccc(OC)cc2)cc1N. The average Bonchev–Trinajstić information content (AvgIpc) is 2.86. The fraction of sp³-hybridized carbons (Fsp3) is 0.214. The normalized spacial score (nSPS) is 10.1. The summed E-state index contributed by atoms with van der Waals surface area (Å²) >= 11 is 1.28. The molecule has 0 unspecified atom stereocenters. The van der Waals surface area contributed by atoms with E-state index < -0.39 is 5.97 Å². The summed E-state index contributed by atoms with van der Waals surface area (Å²) in [6, 6.07) is 9.49. The van der Waals surface area contributed by atoms with Gasteiger partial charge >= 0.3 is 5.97 Å². The van der Waals surface area contributed by atoms with Gasteiger partial charge < -0.3 is 20.5 Å². The van der Waals surface area contributed by atoms with E-state index in [0.717, 1.165) is 16.3 Å². The summed E-state index contributed by atoms with van der Waals surface area (Å²) in [5.74, 6) is 0.409. The molecular formula is C14H16N2O3S. The lowest BCUT2D eigenvalue weighted by Gasteiger charge is -2.05. The van der Waals surface area contributed by atoms with Crippen molar-refractivity contribution in [1.82, 2.24) is 0 Å². The molecule has 1 aromatic carbocycles. The molecule has 0 atom stereocenters. The largest absolute Gasteiger partial charge is 0.497 e. The van der Waals surface area contributed by atoms with E-state index >= 15 is 0 Å². The van der Waals surface area contributed by atoms with E-state index in [1.54, 1.807) is 13.2 Å². The molecule has 20 heavy (non-hydrogen) atoms. The Morgan fingerprint density at radius 1 is 1.30 bits per heavy atom. The Kier molecular flexibility index (Phi) is 4.47. The summed E-state index contributed by atoms with van der Waals surface area (Å²) in [7, 11) is 2.97. The van der Waals surface area contributed by atoms with Crippen molar-refractivity contribution in [3.8, 4) is 5.75 Å². The standard InChI is InChI=1S/C14H16N2O3S/c1-18-10-5-3-9(4-6-10)8-16-12-7-11(15)13(20-12)14(17)19-2/h3-7,16H,8,15H2,1-2H3. The number of carbonyl (C=O) groups excluding carboxylic acids is 1. The predicted molar refractivity (Wildman–Crippen MR) is 80.4 cm³/mol. The number of nitrogens with two attached hydrogens (primary N) is 1. The first-order valence-electron chi connectivity index (χ1n) is 5.98. The minimum atomic E-state index is -0.412. The highest BCUT2D eigenvalue weighted by Crippen LogP contribution is 2.30. The van der Waals surface area contributed by atoms with E-state index in [9.17, 15) is 4.79 Å². The molecule has 0 saturated heterocycles. The highest BCUT2D eigenvalue weighted by atomic mass is 32.1. The third-order valence-electron chi connectivity index (χ3n) is 2.76. The first-order chi connectivity index (χ1) is 9.63. The van der Waals surface area contributed by atoms with Crippen LogP contribution in [0.3, 0.4) is 0 Å². The van der Waals surface area contributed by atoms with Crippen LogP contribution >= 0.6 is 11.3 Å². The monoisotopic (exact) mass is 292 g/mol. The number of hydrogen-bond acceptors (Lipinski definition) is 6. The number of nitrogen functional groups attached to an aromatic ring is 1. The summed E-state index contributed by atoms with van der Waals surface area (Å²) in [4.78, 5) is 11.9.